The molecule has 140 valence electrons. The van der Waals surface area contributed by atoms with E-state index in [1.165, 1.54) is 12.1 Å². The lowest BCUT2D eigenvalue weighted by molar-refractivity contribution is 0.0950. The summed E-state index contributed by atoms with van der Waals surface area (Å²) in [6.45, 7) is 0.497. The molecule has 7 heteroatoms. The molecule has 0 fully saturated rings. The van der Waals surface area contributed by atoms with Gasteiger partial charge in [0.05, 0.1) is 0 Å². The number of imidazole rings is 2. The van der Waals surface area contributed by atoms with Crippen LogP contribution in [0.3, 0.4) is 0 Å². The second-order valence-electron chi connectivity index (χ2n) is 7.03. The van der Waals surface area contributed by atoms with Gasteiger partial charge in [-0.1, -0.05) is 18.2 Å². The number of fused-ring (bicyclic) bond motifs is 2. The summed E-state index contributed by atoms with van der Waals surface area (Å²) in [5.74, 6) is 0.347. The Hall–Kier alpha value is -3.48. The fourth-order valence-corrected chi connectivity index (χ4v) is 3.76. The van der Waals surface area contributed by atoms with Gasteiger partial charge >= 0.3 is 0 Å². The summed E-state index contributed by atoms with van der Waals surface area (Å²) in [6, 6.07) is 12.3. The minimum absolute atomic E-state index is 0.0647. The van der Waals surface area contributed by atoms with Crippen LogP contribution < -0.4 is 5.32 Å². The van der Waals surface area contributed by atoms with Crippen LogP contribution in [0.2, 0.25) is 0 Å². The van der Waals surface area contributed by atoms with E-state index in [9.17, 15) is 9.18 Å². The maximum atomic E-state index is 13.2. The van der Waals surface area contributed by atoms with Crippen LogP contribution in [0.25, 0.3) is 5.65 Å². The number of halogens is 1. The monoisotopic (exact) mass is 375 g/mol. The molecular formula is C21H18FN5O. The van der Waals surface area contributed by atoms with Crippen molar-refractivity contribution in [1.29, 1.82) is 0 Å². The molecule has 0 saturated carbocycles. The highest BCUT2D eigenvalue weighted by Crippen LogP contribution is 2.25. The molecule has 1 aliphatic heterocycles. The van der Waals surface area contributed by atoms with Crippen molar-refractivity contribution in [2.75, 3.05) is 6.54 Å². The van der Waals surface area contributed by atoms with Gasteiger partial charge < -0.3 is 14.7 Å². The second-order valence-corrected chi connectivity index (χ2v) is 7.03. The van der Waals surface area contributed by atoms with Crippen LogP contribution in [-0.2, 0) is 12.8 Å². The van der Waals surface area contributed by atoms with Crippen molar-refractivity contribution < 1.29 is 9.18 Å². The van der Waals surface area contributed by atoms with Gasteiger partial charge in [0.2, 0.25) is 0 Å². The molecule has 0 saturated heterocycles. The topological polar surface area (TPSA) is 75.1 Å². The van der Waals surface area contributed by atoms with Crippen LogP contribution in [0, 0.1) is 5.82 Å². The smallest absolute Gasteiger partial charge is 0.271 e. The molecular weight excluding hydrogens is 357 g/mol. The lowest BCUT2D eigenvalue weighted by Gasteiger charge is -2.14. The van der Waals surface area contributed by atoms with E-state index in [1.54, 1.807) is 12.1 Å². The number of rotatable bonds is 3. The van der Waals surface area contributed by atoms with Gasteiger partial charge in [-0.25, -0.2) is 14.4 Å². The summed E-state index contributed by atoms with van der Waals surface area (Å²) >= 11 is 0. The number of hydrogen-bond acceptors (Lipinski definition) is 3. The van der Waals surface area contributed by atoms with Crippen molar-refractivity contribution in [2.24, 2.45) is 0 Å². The first-order valence-corrected chi connectivity index (χ1v) is 9.20. The van der Waals surface area contributed by atoms with Crippen LogP contribution in [0.5, 0.6) is 0 Å². The summed E-state index contributed by atoms with van der Waals surface area (Å²) in [4.78, 5) is 24.8. The first-order chi connectivity index (χ1) is 13.7. The Bertz CT molecular complexity index is 1160. The zero-order valence-electron chi connectivity index (χ0n) is 15.0. The van der Waals surface area contributed by atoms with Crippen LogP contribution in [0.4, 0.5) is 4.39 Å². The Balaban J connectivity index is 1.45. The predicted octanol–water partition coefficient (Wildman–Crippen LogP) is 2.86. The quantitative estimate of drug-likeness (QED) is 0.578. The average molecular weight is 375 g/mol. The van der Waals surface area contributed by atoms with Crippen molar-refractivity contribution in [3.63, 3.8) is 0 Å². The number of hydrogen-bond donors (Lipinski definition) is 2. The van der Waals surface area contributed by atoms with E-state index in [0.717, 1.165) is 28.4 Å². The van der Waals surface area contributed by atoms with Gasteiger partial charge in [-0.05, 0) is 36.2 Å². The average Bonchev–Trinajstić information content (AvgIpc) is 3.26. The highest BCUT2D eigenvalue weighted by Gasteiger charge is 2.26. The van der Waals surface area contributed by atoms with Gasteiger partial charge in [-0.2, -0.15) is 0 Å². The van der Waals surface area contributed by atoms with Crippen molar-refractivity contribution in [3.05, 3.63) is 89.1 Å². The largest absolute Gasteiger partial charge is 0.350 e. The highest BCUT2D eigenvalue weighted by molar-refractivity contribution is 5.94. The van der Waals surface area contributed by atoms with E-state index in [4.69, 9.17) is 0 Å². The summed E-state index contributed by atoms with van der Waals surface area (Å²) in [5.41, 5.74) is 4.11. The number of H-pyrrole nitrogens is 1. The zero-order chi connectivity index (χ0) is 19.1. The summed E-state index contributed by atoms with van der Waals surface area (Å²) in [7, 11) is 0. The Labute approximate surface area is 160 Å². The molecule has 28 heavy (non-hydrogen) atoms. The molecule has 3 aromatic heterocycles. The summed E-state index contributed by atoms with van der Waals surface area (Å²) in [5, 5.41) is 2.93. The number of nitrogens with one attached hydrogen (secondary N) is 2. The molecule has 4 heterocycles. The fourth-order valence-electron chi connectivity index (χ4n) is 3.76. The Kier molecular flexibility index (Phi) is 3.93. The summed E-state index contributed by atoms with van der Waals surface area (Å²) in [6.07, 6.45) is 4.97. The number of pyridine rings is 1. The third-order valence-electron chi connectivity index (χ3n) is 5.19. The van der Waals surface area contributed by atoms with E-state index in [2.05, 4.69) is 20.3 Å². The number of carbonyl (C=O) groups excluding carboxylic acids is 1. The van der Waals surface area contributed by atoms with Crippen molar-refractivity contribution in [2.45, 2.75) is 18.8 Å². The Morgan fingerprint density at radius 2 is 2.04 bits per heavy atom. The predicted molar refractivity (Wildman–Crippen MR) is 102 cm³/mol. The minimum atomic E-state index is -0.265. The number of aromatic nitrogens is 4. The molecule has 4 aromatic rings. The molecule has 0 bridgehead atoms. The lowest BCUT2D eigenvalue weighted by atomic mass is 9.94. The third kappa shape index (κ3) is 2.94. The lowest BCUT2D eigenvalue weighted by Crippen LogP contribution is -2.26. The second kappa shape index (κ2) is 6.60. The molecule has 1 unspecified atom stereocenters. The maximum Gasteiger partial charge on any atom is 0.271 e. The fraction of sp³-hybridized carbons (Fsp3) is 0.190. The first-order valence-electron chi connectivity index (χ1n) is 9.20. The molecule has 1 aromatic carbocycles. The third-order valence-corrected chi connectivity index (χ3v) is 5.19. The van der Waals surface area contributed by atoms with Gasteiger partial charge in [0, 0.05) is 42.7 Å². The SMILES string of the molecule is O=C1NCC(c2ccc(F)cc2)Cc2[nH]c(Cc3cnc4ccccn34)nc21. The number of nitrogens with zero attached hydrogens (tertiary/aromatic N) is 3. The molecule has 0 spiro atoms. The Morgan fingerprint density at radius 1 is 1.18 bits per heavy atom. The normalized spacial score (nSPS) is 16.6. The van der Waals surface area contributed by atoms with Crippen molar-refractivity contribution in [3.8, 4) is 0 Å². The molecule has 6 nitrogen and oxygen atoms in total. The van der Waals surface area contributed by atoms with Crippen LogP contribution >= 0.6 is 0 Å². The van der Waals surface area contributed by atoms with E-state index in [0.29, 0.717) is 25.1 Å². The van der Waals surface area contributed by atoms with Crippen LogP contribution in [0.1, 0.15) is 39.2 Å². The van der Waals surface area contributed by atoms with Gasteiger partial charge in [0.25, 0.3) is 5.91 Å². The number of amides is 1. The van der Waals surface area contributed by atoms with Crippen molar-refractivity contribution in [1.82, 2.24) is 24.7 Å². The standard InChI is InChI=1S/C21H18FN5O/c22-15-6-4-13(5-7-15)14-9-17-20(21(28)24-11-14)26-18(25-17)10-16-12-23-19-3-1-2-8-27(16)19/h1-8,12,14H,9-11H2,(H,24,28)(H,25,26). The molecule has 2 N–H and O–H groups in total. The number of benzene rings is 1. The van der Waals surface area contributed by atoms with E-state index < -0.39 is 0 Å². The maximum absolute atomic E-state index is 13.2. The van der Waals surface area contributed by atoms with E-state index in [1.807, 2.05) is 35.0 Å². The van der Waals surface area contributed by atoms with Crippen LogP contribution in [0.15, 0.2) is 54.9 Å². The van der Waals surface area contributed by atoms with Crippen LogP contribution in [-0.4, -0.2) is 31.8 Å². The van der Waals surface area contributed by atoms with Crippen molar-refractivity contribution >= 4 is 11.6 Å². The van der Waals surface area contributed by atoms with Gasteiger partial charge in [-0.15, -0.1) is 0 Å². The molecule has 0 radical (unpaired) electrons. The number of aromatic amines is 1. The molecule has 0 aliphatic carbocycles. The molecule has 5 rings (SSSR count). The first kappa shape index (κ1) is 16.7. The van der Waals surface area contributed by atoms with Gasteiger partial charge in [-0.3, -0.25) is 4.79 Å². The number of carbonyl (C=O) groups is 1. The summed E-state index contributed by atoms with van der Waals surface area (Å²) < 4.78 is 15.2. The molecule has 1 aliphatic rings. The van der Waals surface area contributed by atoms with Gasteiger partial charge in [0.15, 0.2) is 0 Å². The Morgan fingerprint density at radius 3 is 2.89 bits per heavy atom. The molecule has 1 amide bonds. The minimum Gasteiger partial charge on any atom is -0.350 e. The van der Waals surface area contributed by atoms with E-state index in [-0.39, 0.29) is 17.6 Å². The highest BCUT2D eigenvalue weighted by atomic mass is 19.1. The van der Waals surface area contributed by atoms with E-state index >= 15 is 0 Å². The molecule has 1 atom stereocenters. The van der Waals surface area contributed by atoms with Gasteiger partial charge in [0.1, 0.15) is 23.0 Å². The zero-order valence-corrected chi connectivity index (χ0v) is 15.0.